The number of hydrogen-bond acceptors (Lipinski definition) is 4. The third kappa shape index (κ3) is 4.20. The maximum absolute atomic E-state index is 12.7. The summed E-state index contributed by atoms with van der Waals surface area (Å²) in [6, 6.07) is 10.3. The van der Waals surface area contributed by atoms with Gasteiger partial charge in [-0.1, -0.05) is 18.2 Å². The van der Waals surface area contributed by atoms with Gasteiger partial charge in [0.2, 0.25) is 11.8 Å². The van der Waals surface area contributed by atoms with Gasteiger partial charge in [0, 0.05) is 51.0 Å². The van der Waals surface area contributed by atoms with E-state index in [2.05, 4.69) is 39.6 Å². The average Bonchev–Trinajstić information content (AvgIpc) is 3.17. The van der Waals surface area contributed by atoms with Gasteiger partial charge in [0.25, 0.3) is 0 Å². The molecule has 1 aromatic heterocycles. The highest BCUT2D eigenvalue weighted by atomic mass is 16.5. The van der Waals surface area contributed by atoms with Crippen molar-refractivity contribution in [3.8, 4) is 0 Å². The third-order valence-corrected chi connectivity index (χ3v) is 5.73. The molecular formula is C21H28N4O3. The zero-order valence-electron chi connectivity index (χ0n) is 16.1. The standard InChI is InChI=1S/C21H28N4O3/c26-20(23-6-8-24-7-5-16-3-1-2-4-19(16)24)17-13-18(15-22-14-17)21(27)25-9-11-28-12-10-25/h1-5,7,17-18,22H,6,8-15H2,(H,23,26)/t17-,18+/m1/s1. The summed E-state index contributed by atoms with van der Waals surface area (Å²) < 4.78 is 7.47. The Labute approximate surface area is 165 Å². The molecule has 150 valence electrons. The maximum atomic E-state index is 12.7. The number of ether oxygens (including phenoxy) is 1. The Kier molecular flexibility index (Phi) is 5.92. The summed E-state index contributed by atoms with van der Waals surface area (Å²) in [5.74, 6) is -0.114. The van der Waals surface area contributed by atoms with Crippen molar-refractivity contribution in [3.05, 3.63) is 36.5 Å². The number of carbonyl (C=O) groups excluding carboxylic acids is 2. The zero-order valence-corrected chi connectivity index (χ0v) is 16.1. The lowest BCUT2D eigenvalue weighted by atomic mass is 9.88. The van der Waals surface area contributed by atoms with Gasteiger partial charge in [0.05, 0.1) is 25.0 Å². The first-order valence-corrected chi connectivity index (χ1v) is 10.1. The number of carbonyl (C=O) groups is 2. The highest BCUT2D eigenvalue weighted by molar-refractivity contribution is 5.83. The molecule has 0 saturated carbocycles. The molecule has 0 bridgehead atoms. The maximum Gasteiger partial charge on any atom is 0.227 e. The number of amides is 2. The van der Waals surface area contributed by atoms with Crippen LogP contribution in [0, 0.1) is 11.8 Å². The number of para-hydroxylation sites is 1. The van der Waals surface area contributed by atoms with E-state index in [0.717, 1.165) is 6.54 Å². The summed E-state index contributed by atoms with van der Waals surface area (Å²) in [5, 5.41) is 7.52. The van der Waals surface area contributed by atoms with E-state index in [4.69, 9.17) is 4.74 Å². The van der Waals surface area contributed by atoms with Crippen LogP contribution in [0.25, 0.3) is 10.9 Å². The molecule has 3 heterocycles. The summed E-state index contributed by atoms with van der Waals surface area (Å²) in [6.45, 7) is 5.09. The molecule has 2 saturated heterocycles. The molecule has 1 aromatic carbocycles. The number of nitrogens with zero attached hydrogens (tertiary/aromatic N) is 2. The summed E-state index contributed by atoms with van der Waals surface area (Å²) in [6.07, 6.45) is 2.66. The van der Waals surface area contributed by atoms with Crippen molar-refractivity contribution in [3.63, 3.8) is 0 Å². The molecule has 0 spiro atoms. The van der Waals surface area contributed by atoms with Gasteiger partial charge in [-0.25, -0.2) is 0 Å². The molecule has 0 aliphatic carbocycles. The van der Waals surface area contributed by atoms with Gasteiger partial charge in [-0.15, -0.1) is 0 Å². The monoisotopic (exact) mass is 384 g/mol. The molecule has 0 radical (unpaired) electrons. The second-order valence-corrected chi connectivity index (χ2v) is 7.58. The van der Waals surface area contributed by atoms with Gasteiger partial charge in [0.15, 0.2) is 0 Å². The fourth-order valence-electron chi connectivity index (χ4n) is 4.15. The number of benzene rings is 1. The van der Waals surface area contributed by atoms with Crippen LogP contribution in [0.2, 0.25) is 0 Å². The predicted octanol–water partition coefficient (Wildman–Crippen LogP) is 0.842. The SMILES string of the molecule is O=C(NCCn1ccc2ccccc21)[C@H]1CNC[C@@H](C(=O)N2CCOCC2)C1. The minimum absolute atomic E-state index is 0.0310. The molecule has 0 unspecified atom stereocenters. The first-order chi connectivity index (χ1) is 13.7. The van der Waals surface area contributed by atoms with Crippen molar-refractivity contribution in [2.75, 3.05) is 45.9 Å². The van der Waals surface area contributed by atoms with Crippen molar-refractivity contribution in [2.24, 2.45) is 11.8 Å². The quantitative estimate of drug-likeness (QED) is 0.801. The molecule has 7 heteroatoms. The van der Waals surface area contributed by atoms with E-state index in [9.17, 15) is 9.59 Å². The van der Waals surface area contributed by atoms with Crippen LogP contribution in [0.1, 0.15) is 6.42 Å². The number of nitrogens with one attached hydrogen (secondary N) is 2. The second kappa shape index (κ2) is 8.75. The summed E-state index contributed by atoms with van der Waals surface area (Å²) >= 11 is 0. The molecule has 2 atom stereocenters. The Bertz CT molecular complexity index is 828. The van der Waals surface area contributed by atoms with E-state index in [0.29, 0.717) is 52.4 Å². The number of fused-ring (bicyclic) bond motifs is 1. The van der Waals surface area contributed by atoms with Crippen molar-refractivity contribution in [1.29, 1.82) is 0 Å². The van der Waals surface area contributed by atoms with Crippen LogP contribution in [-0.2, 0) is 20.9 Å². The molecule has 4 rings (SSSR count). The highest BCUT2D eigenvalue weighted by Gasteiger charge is 2.33. The van der Waals surface area contributed by atoms with Crippen LogP contribution >= 0.6 is 0 Å². The smallest absolute Gasteiger partial charge is 0.227 e. The first kappa shape index (κ1) is 19.0. The number of hydrogen-bond donors (Lipinski definition) is 2. The van der Waals surface area contributed by atoms with Gasteiger partial charge < -0.3 is 24.8 Å². The van der Waals surface area contributed by atoms with Crippen molar-refractivity contribution in [1.82, 2.24) is 20.1 Å². The highest BCUT2D eigenvalue weighted by Crippen LogP contribution is 2.20. The average molecular weight is 384 g/mol. The zero-order chi connectivity index (χ0) is 19.3. The molecule has 28 heavy (non-hydrogen) atoms. The molecule has 2 aliphatic rings. The van der Waals surface area contributed by atoms with Crippen molar-refractivity contribution in [2.45, 2.75) is 13.0 Å². The van der Waals surface area contributed by atoms with Gasteiger partial charge in [-0.05, 0) is 23.9 Å². The summed E-state index contributed by atoms with van der Waals surface area (Å²) in [5.41, 5.74) is 1.17. The van der Waals surface area contributed by atoms with Gasteiger partial charge in [0.1, 0.15) is 0 Å². The predicted molar refractivity (Wildman–Crippen MR) is 107 cm³/mol. The lowest BCUT2D eigenvalue weighted by Crippen LogP contribution is -2.51. The van der Waals surface area contributed by atoms with Gasteiger partial charge in [-0.3, -0.25) is 9.59 Å². The minimum Gasteiger partial charge on any atom is -0.378 e. The van der Waals surface area contributed by atoms with E-state index in [1.807, 2.05) is 17.0 Å². The second-order valence-electron chi connectivity index (χ2n) is 7.58. The Balaban J connectivity index is 1.27. The van der Waals surface area contributed by atoms with E-state index in [1.165, 1.54) is 10.9 Å². The summed E-state index contributed by atoms with van der Waals surface area (Å²) in [7, 11) is 0. The largest absolute Gasteiger partial charge is 0.378 e. The number of piperidine rings is 1. The Morgan fingerprint density at radius 1 is 1.11 bits per heavy atom. The van der Waals surface area contributed by atoms with Gasteiger partial charge in [-0.2, -0.15) is 0 Å². The lowest BCUT2D eigenvalue weighted by Gasteiger charge is -2.34. The third-order valence-electron chi connectivity index (χ3n) is 5.73. The van der Waals surface area contributed by atoms with Crippen molar-refractivity contribution < 1.29 is 14.3 Å². The van der Waals surface area contributed by atoms with Crippen LogP contribution in [0.5, 0.6) is 0 Å². The molecule has 2 fully saturated rings. The lowest BCUT2D eigenvalue weighted by molar-refractivity contribution is -0.141. The number of morpholine rings is 1. The van der Waals surface area contributed by atoms with E-state index in [1.54, 1.807) is 0 Å². The molecular weight excluding hydrogens is 356 g/mol. The van der Waals surface area contributed by atoms with E-state index < -0.39 is 0 Å². The van der Waals surface area contributed by atoms with Gasteiger partial charge >= 0.3 is 0 Å². The molecule has 7 nitrogen and oxygen atoms in total. The van der Waals surface area contributed by atoms with Crippen LogP contribution in [0.15, 0.2) is 36.5 Å². The molecule has 2 amide bonds. The Morgan fingerprint density at radius 3 is 2.75 bits per heavy atom. The molecule has 2 aliphatic heterocycles. The topological polar surface area (TPSA) is 75.6 Å². The number of rotatable bonds is 5. The van der Waals surface area contributed by atoms with Crippen LogP contribution in [0.4, 0.5) is 0 Å². The number of aromatic nitrogens is 1. The van der Waals surface area contributed by atoms with Crippen LogP contribution in [0.3, 0.4) is 0 Å². The summed E-state index contributed by atoms with van der Waals surface area (Å²) in [4.78, 5) is 27.2. The molecule has 2 N–H and O–H groups in total. The Hall–Kier alpha value is -2.38. The van der Waals surface area contributed by atoms with E-state index in [-0.39, 0.29) is 23.7 Å². The fourth-order valence-corrected chi connectivity index (χ4v) is 4.15. The van der Waals surface area contributed by atoms with Crippen LogP contribution in [-0.4, -0.2) is 67.2 Å². The van der Waals surface area contributed by atoms with Crippen molar-refractivity contribution >= 4 is 22.7 Å². The Morgan fingerprint density at radius 2 is 1.89 bits per heavy atom. The fraction of sp³-hybridized carbons (Fsp3) is 0.524. The van der Waals surface area contributed by atoms with Crippen LogP contribution < -0.4 is 10.6 Å². The normalized spacial score (nSPS) is 22.9. The minimum atomic E-state index is -0.162. The molecule has 2 aromatic rings. The van der Waals surface area contributed by atoms with E-state index >= 15 is 0 Å². The first-order valence-electron chi connectivity index (χ1n) is 10.1.